The van der Waals surface area contributed by atoms with Crippen LogP contribution in [-0.2, 0) is 0 Å². The number of likely N-dealkylation sites (tertiary alicyclic amines) is 1. The molecular formula is C20H19NO4. The van der Waals surface area contributed by atoms with Crippen LogP contribution in [0.5, 0.6) is 11.5 Å². The van der Waals surface area contributed by atoms with Crippen molar-refractivity contribution in [1.29, 1.82) is 0 Å². The van der Waals surface area contributed by atoms with E-state index in [0.717, 1.165) is 24.9 Å². The van der Waals surface area contributed by atoms with Crippen molar-refractivity contribution in [3.05, 3.63) is 58.3 Å². The number of hydrogen-bond donors (Lipinski definition) is 2. The first-order chi connectivity index (χ1) is 12.1. The molecule has 2 heterocycles. The van der Waals surface area contributed by atoms with Crippen LogP contribution in [0.4, 0.5) is 0 Å². The summed E-state index contributed by atoms with van der Waals surface area (Å²) in [4.78, 5) is 14.8. The van der Waals surface area contributed by atoms with Crippen LogP contribution >= 0.6 is 0 Å². The van der Waals surface area contributed by atoms with E-state index in [4.69, 9.17) is 4.42 Å². The monoisotopic (exact) mass is 337 g/mol. The van der Waals surface area contributed by atoms with E-state index in [1.54, 1.807) is 0 Å². The molecule has 1 aromatic heterocycles. The molecule has 1 aliphatic heterocycles. The van der Waals surface area contributed by atoms with Crippen LogP contribution in [0.25, 0.3) is 22.3 Å². The molecule has 0 aliphatic carbocycles. The molecule has 0 radical (unpaired) electrons. The van der Waals surface area contributed by atoms with Crippen LogP contribution in [-0.4, -0.2) is 28.7 Å². The van der Waals surface area contributed by atoms with Crippen molar-refractivity contribution in [1.82, 2.24) is 4.90 Å². The fourth-order valence-corrected chi connectivity index (χ4v) is 3.66. The molecule has 2 aromatic carbocycles. The van der Waals surface area contributed by atoms with Crippen LogP contribution < -0.4 is 5.43 Å². The summed E-state index contributed by atoms with van der Waals surface area (Å²) in [6.07, 6.45) is 1.87. The molecule has 5 heteroatoms. The van der Waals surface area contributed by atoms with Crippen LogP contribution in [0.15, 0.2) is 51.7 Å². The zero-order valence-corrected chi connectivity index (χ0v) is 13.9. The van der Waals surface area contributed by atoms with E-state index in [-0.39, 0.29) is 33.9 Å². The van der Waals surface area contributed by atoms with Gasteiger partial charge in [-0.1, -0.05) is 30.3 Å². The average molecular weight is 337 g/mol. The summed E-state index contributed by atoms with van der Waals surface area (Å²) >= 11 is 0. The topological polar surface area (TPSA) is 73.9 Å². The lowest BCUT2D eigenvalue weighted by atomic mass is 9.99. The molecule has 1 atom stereocenters. The number of nitrogens with zero attached hydrogens (tertiary/aromatic N) is 1. The molecule has 2 N–H and O–H groups in total. The number of aromatic hydroxyl groups is 2. The molecular weight excluding hydrogens is 318 g/mol. The first-order valence-corrected chi connectivity index (χ1v) is 8.34. The van der Waals surface area contributed by atoms with E-state index in [1.165, 1.54) is 12.1 Å². The molecule has 0 spiro atoms. The standard InChI is InChI=1S/C20H19NO4/c1-21-9-5-8-13(21)18-14(22)10-15(23)19-16(24)11-17(25-20(18)19)12-6-3-2-4-7-12/h2-4,6-7,10-11,13,22-23H,5,8-9H2,1H3/t13-/m0/s1. The van der Waals surface area contributed by atoms with Gasteiger partial charge in [-0.25, -0.2) is 0 Å². The maximum Gasteiger partial charge on any atom is 0.197 e. The summed E-state index contributed by atoms with van der Waals surface area (Å²) < 4.78 is 6.04. The fraction of sp³-hybridized carbons (Fsp3) is 0.250. The second kappa shape index (κ2) is 5.93. The van der Waals surface area contributed by atoms with Crippen molar-refractivity contribution in [2.45, 2.75) is 18.9 Å². The van der Waals surface area contributed by atoms with Crippen molar-refractivity contribution in [3.8, 4) is 22.8 Å². The third-order valence-electron chi connectivity index (χ3n) is 4.91. The smallest absolute Gasteiger partial charge is 0.197 e. The molecule has 25 heavy (non-hydrogen) atoms. The Hall–Kier alpha value is -2.79. The van der Waals surface area contributed by atoms with Gasteiger partial charge < -0.3 is 14.6 Å². The molecule has 0 bridgehead atoms. The Morgan fingerprint density at radius 3 is 2.56 bits per heavy atom. The molecule has 1 aliphatic rings. The van der Waals surface area contributed by atoms with Crippen LogP contribution in [0, 0.1) is 0 Å². The van der Waals surface area contributed by atoms with Gasteiger partial charge in [-0.2, -0.15) is 0 Å². The maximum atomic E-state index is 12.6. The van der Waals surface area contributed by atoms with Gasteiger partial charge in [-0.3, -0.25) is 9.69 Å². The first kappa shape index (κ1) is 15.7. The average Bonchev–Trinajstić information content (AvgIpc) is 3.00. The summed E-state index contributed by atoms with van der Waals surface area (Å²) in [6.45, 7) is 0.912. The fourth-order valence-electron chi connectivity index (χ4n) is 3.66. The first-order valence-electron chi connectivity index (χ1n) is 8.34. The lowest BCUT2D eigenvalue weighted by Gasteiger charge is -2.22. The number of hydrogen-bond acceptors (Lipinski definition) is 5. The summed E-state index contributed by atoms with van der Waals surface area (Å²) in [6, 6.07) is 11.9. The van der Waals surface area contributed by atoms with Gasteiger partial charge in [0, 0.05) is 23.7 Å². The highest BCUT2D eigenvalue weighted by atomic mass is 16.3. The predicted octanol–water partition coefficient (Wildman–Crippen LogP) is 3.64. The second-order valence-electron chi connectivity index (χ2n) is 6.51. The molecule has 0 saturated carbocycles. The Balaban J connectivity index is 2.04. The molecule has 4 rings (SSSR count). The molecule has 1 fully saturated rings. The summed E-state index contributed by atoms with van der Waals surface area (Å²) in [5, 5.41) is 20.8. The number of fused-ring (bicyclic) bond motifs is 1. The van der Waals surface area contributed by atoms with Gasteiger partial charge in [0.15, 0.2) is 11.0 Å². The van der Waals surface area contributed by atoms with E-state index >= 15 is 0 Å². The van der Waals surface area contributed by atoms with Gasteiger partial charge in [0.05, 0.1) is 5.56 Å². The normalized spacial score (nSPS) is 18.0. The third-order valence-corrected chi connectivity index (χ3v) is 4.91. The number of phenols is 2. The Morgan fingerprint density at radius 2 is 1.88 bits per heavy atom. The van der Waals surface area contributed by atoms with Crippen LogP contribution in [0.2, 0.25) is 0 Å². The van der Waals surface area contributed by atoms with Gasteiger partial charge in [0.1, 0.15) is 22.6 Å². The molecule has 3 aromatic rings. The van der Waals surface area contributed by atoms with Crippen LogP contribution in [0.1, 0.15) is 24.4 Å². The Kier molecular flexibility index (Phi) is 3.73. The lowest BCUT2D eigenvalue weighted by molar-refractivity contribution is 0.308. The SMILES string of the molecule is CN1CCC[C@H]1c1c(O)cc(O)c2c(=O)cc(-c3ccccc3)oc12. The largest absolute Gasteiger partial charge is 0.507 e. The minimum atomic E-state index is -0.320. The Bertz CT molecular complexity index is 994. The van der Waals surface area contributed by atoms with Gasteiger partial charge in [0.25, 0.3) is 0 Å². The Labute approximate surface area is 144 Å². The number of benzene rings is 2. The van der Waals surface area contributed by atoms with E-state index in [1.807, 2.05) is 37.4 Å². The van der Waals surface area contributed by atoms with Crippen molar-refractivity contribution in [2.24, 2.45) is 0 Å². The molecule has 128 valence electrons. The van der Waals surface area contributed by atoms with Crippen molar-refractivity contribution >= 4 is 11.0 Å². The lowest BCUT2D eigenvalue weighted by Crippen LogP contribution is -2.18. The van der Waals surface area contributed by atoms with Crippen molar-refractivity contribution < 1.29 is 14.6 Å². The quantitative estimate of drug-likeness (QED) is 0.747. The summed E-state index contributed by atoms with van der Waals surface area (Å²) in [5.74, 6) is 0.118. The number of phenolic OH excluding ortho intramolecular Hbond substituents is 2. The van der Waals surface area contributed by atoms with Gasteiger partial charge >= 0.3 is 0 Å². The number of rotatable bonds is 2. The van der Waals surface area contributed by atoms with Crippen molar-refractivity contribution in [3.63, 3.8) is 0 Å². The third kappa shape index (κ3) is 2.57. The predicted molar refractivity (Wildman–Crippen MR) is 95.9 cm³/mol. The minimum Gasteiger partial charge on any atom is -0.507 e. The molecule has 0 unspecified atom stereocenters. The van der Waals surface area contributed by atoms with Gasteiger partial charge in [-0.05, 0) is 26.4 Å². The zero-order valence-electron chi connectivity index (χ0n) is 13.9. The highest BCUT2D eigenvalue weighted by Gasteiger charge is 2.30. The molecule has 5 nitrogen and oxygen atoms in total. The highest BCUT2D eigenvalue weighted by Crippen LogP contribution is 2.43. The van der Waals surface area contributed by atoms with Gasteiger partial charge in [-0.15, -0.1) is 0 Å². The summed E-state index contributed by atoms with van der Waals surface area (Å²) in [7, 11) is 1.98. The van der Waals surface area contributed by atoms with E-state index < -0.39 is 0 Å². The van der Waals surface area contributed by atoms with Crippen LogP contribution in [0.3, 0.4) is 0 Å². The van der Waals surface area contributed by atoms with Crippen molar-refractivity contribution in [2.75, 3.05) is 13.6 Å². The van der Waals surface area contributed by atoms with E-state index in [2.05, 4.69) is 4.90 Å². The second-order valence-corrected chi connectivity index (χ2v) is 6.51. The zero-order chi connectivity index (χ0) is 17.6. The highest BCUT2D eigenvalue weighted by molar-refractivity contribution is 5.89. The Morgan fingerprint density at radius 1 is 1.12 bits per heavy atom. The molecule has 0 amide bonds. The molecule has 1 saturated heterocycles. The van der Waals surface area contributed by atoms with Gasteiger partial charge in [0.2, 0.25) is 0 Å². The van der Waals surface area contributed by atoms with E-state index in [0.29, 0.717) is 11.3 Å². The van der Waals surface area contributed by atoms with E-state index in [9.17, 15) is 15.0 Å². The minimum absolute atomic E-state index is 0.0442. The summed E-state index contributed by atoms with van der Waals surface area (Å²) in [5.41, 5.74) is 1.29. The maximum absolute atomic E-state index is 12.6.